The van der Waals surface area contributed by atoms with Crippen molar-refractivity contribution < 1.29 is 18.9 Å². The molecule has 8 heteroatoms. The number of methoxy groups -OCH3 is 1. The van der Waals surface area contributed by atoms with E-state index in [1.54, 1.807) is 43.3 Å². The van der Waals surface area contributed by atoms with Crippen molar-refractivity contribution in [1.29, 1.82) is 0 Å². The number of hydrazone groups is 1. The van der Waals surface area contributed by atoms with Crippen molar-refractivity contribution in [2.24, 2.45) is 5.10 Å². The van der Waals surface area contributed by atoms with E-state index in [0.717, 1.165) is 10.8 Å². The van der Waals surface area contributed by atoms with Gasteiger partial charge in [-0.2, -0.15) is 5.10 Å². The quantitative estimate of drug-likeness (QED) is 0.261. The molecule has 4 aromatic rings. The van der Waals surface area contributed by atoms with Crippen LogP contribution in [-0.4, -0.2) is 24.2 Å². The first-order valence-corrected chi connectivity index (χ1v) is 9.71. The van der Waals surface area contributed by atoms with Crippen LogP contribution in [0.15, 0.2) is 76.2 Å². The second kappa shape index (κ2) is 8.73. The van der Waals surface area contributed by atoms with Crippen LogP contribution in [-0.2, 0) is 0 Å². The first kappa shape index (κ1) is 20.8. The van der Waals surface area contributed by atoms with E-state index in [4.69, 9.17) is 9.15 Å². The lowest BCUT2D eigenvalue weighted by molar-refractivity contribution is -0.385. The Morgan fingerprint density at radius 2 is 1.84 bits per heavy atom. The molecule has 0 aliphatic rings. The van der Waals surface area contributed by atoms with Gasteiger partial charge in [-0.3, -0.25) is 14.9 Å². The Morgan fingerprint density at radius 3 is 2.56 bits per heavy atom. The molecule has 0 fully saturated rings. The van der Waals surface area contributed by atoms with Crippen LogP contribution in [0.5, 0.6) is 5.75 Å². The molecule has 0 atom stereocenters. The van der Waals surface area contributed by atoms with Gasteiger partial charge in [-0.1, -0.05) is 36.4 Å². The predicted molar refractivity (Wildman–Crippen MR) is 121 cm³/mol. The van der Waals surface area contributed by atoms with Crippen LogP contribution in [0.2, 0.25) is 0 Å². The number of ether oxygens (including phenoxy) is 1. The van der Waals surface area contributed by atoms with E-state index in [-0.39, 0.29) is 5.69 Å². The maximum absolute atomic E-state index is 12.6. The number of hydrogen-bond acceptors (Lipinski definition) is 6. The lowest BCUT2D eigenvalue weighted by atomic mass is 10.1. The Kier molecular flexibility index (Phi) is 5.67. The first-order chi connectivity index (χ1) is 15.5. The third-order valence-corrected chi connectivity index (χ3v) is 4.99. The number of nitro groups is 1. The summed E-state index contributed by atoms with van der Waals surface area (Å²) >= 11 is 0. The third-order valence-electron chi connectivity index (χ3n) is 4.99. The SMILES string of the molecule is COc1cc2ccccc2cc1C(=O)NN=Cc1ccc(-c2ccc(C)c([N+](=O)[O-])c2)o1. The molecule has 32 heavy (non-hydrogen) atoms. The van der Waals surface area contributed by atoms with Gasteiger partial charge >= 0.3 is 0 Å². The molecule has 1 heterocycles. The smallest absolute Gasteiger partial charge is 0.275 e. The van der Waals surface area contributed by atoms with Crippen molar-refractivity contribution in [1.82, 2.24) is 5.43 Å². The van der Waals surface area contributed by atoms with E-state index in [0.29, 0.717) is 34.0 Å². The Hall–Kier alpha value is -4.46. The van der Waals surface area contributed by atoms with Crippen LogP contribution in [0, 0.1) is 17.0 Å². The zero-order chi connectivity index (χ0) is 22.7. The molecule has 3 aromatic carbocycles. The van der Waals surface area contributed by atoms with Gasteiger partial charge in [0.25, 0.3) is 11.6 Å². The lowest BCUT2D eigenvalue weighted by Gasteiger charge is -2.09. The number of carbonyl (C=O) groups excluding carboxylic acids is 1. The lowest BCUT2D eigenvalue weighted by Crippen LogP contribution is -2.18. The molecular weight excluding hydrogens is 410 g/mol. The van der Waals surface area contributed by atoms with Crippen molar-refractivity contribution in [2.75, 3.05) is 7.11 Å². The van der Waals surface area contributed by atoms with Crippen molar-refractivity contribution in [3.63, 3.8) is 0 Å². The number of nitro benzene ring substituents is 1. The molecule has 1 amide bonds. The highest BCUT2D eigenvalue weighted by atomic mass is 16.6. The predicted octanol–water partition coefficient (Wildman–Crippen LogP) is 5.09. The number of hydrogen-bond donors (Lipinski definition) is 1. The van der Waals surface area contributed by atoms with Crippen molar-refractivity contribution in [3.8, 4) is 17.1 Å². The summed E-state index contributed by atoms with van der Waals surface area (Å²) in [7, 11) is 1.50. The number of rotatable bonds is 6. The molecule has 0 aliphatic heterocycles. The number of benzene rings is 3. The largest absolute Gasteiger partial charge is 0.496 e. The van der Waals surface area contributed by atoms with Crippen LogP contribution in [0.3, 0.4) is 0 Å². The molecule has 1 N–H and O–H groups in total. The van der Waals surface area contributed by atoms with Crippen LogP contribution < -0.4 is 10.2 Å². The van der Waals surface area contributed by atoms with Crippen LogP contribution in [0.25, 0.3) is 22.1 Å². The summed E-state index contributed by atoms with van der Waals surface area (Å²) in [6.07, 6.45) is 1.36. The topological polar surface area (TPSA) is 107 Å². The Labute approximate surface area is 183 Å². The summed E-state index contributed by atoms with van der Waals surface area (Å²) in [6.45, 7) is 1.68. The Bertz CT molecular complexity index is 1360. The maximum atomic E-state index is 12.6. The minimum atomic E-state index is -0.430. The summed E-state index contributed by atoms with van der Waals surface area (Å²) in [5.74, 6) is 0.855. The minimum Gasteiger partial charge on any atom is -0.496 e. The molecule has 0 saturated carbocycles. The van der Waals surface area contributed by atoms with Crippen molar-refractivity contribution in [2.45, 2.75) is 6.92 Å². The van der Waals surface area contributed by atoms with Crippen molar-refractivity contribution >= 4 is 28.6 Å². The molecule has 0 radical (unpaired) electrons. The van der Waals surface area contributed by atoms with Gasteiger partial charge in [-0.25, -0.2) is 5.43 Å². The summed E-state index contributed by atoms with van der Waals surface area (Å²) in [5.41, 5.74) is 3.99. The highest BCUT2D eigenvalue weighted by Gasteiger charge is 2.15. The van der Waals surface area contributed by atoms with Gasteiger partial charge in [0.1, 0.15) is 17.3 Å². The van der Waals surface area contributed by atoms with E-state index in [1.165, 1.54) is 19.4 Å². The van der Waals surface area contributed by atoms with Gasteiger partial charge in [-0.15, -0.1) is 0 Å². The summed E-state index contributed by atoms with van der Waals surface area (Å²) in [4.78, 5) is 23.3. The van der Waals surface area contributed by atoms with Gasteiger partial charge in [0.15, 0.2) is 0 Å². The van der Waals surface area contributed by atoms with Gasteiger partial charge < -0.3 is 9.15 Å². The fourth-order valence-electron chi connectivity index (χ4n) is 3.32. The molecule has 4 rings (SSSR count). The molecule has 1 aromatic heterocycles. The summed E-state index contributed by atoms with van der Waals surface area (Å²) in [6, 6.07) is 19.4. The average Bonchev–Trinajstić information content (AvgIpc) is 3.27. The standard InChI is InChI=1S/C24H19N3O5/c1-15-7-8-18(12-21(15)27(29)30)22-10-9-19(32-22)14-25-26-24(28)20-11-16-5-3-4-6-17(16)13-23(20)31-2/h3-14H,1-2H3,(H,26,28). The number of furan rings is 1. The zero-order valence-corrected chi connectivity index (χ0v) is 17.4. The number of carbonyl (C=O) groups is 1. The number of nitrogens with one attached hydrogen (secondary N) is 1. The van der Waals surface area contributed by atoms with Crippen LogP contribution in [0.1, 0.15) is 21.7 Å². The normalized spacial score (nSPS) is 11.1. The number of fused-ring (bicyclic) bond motifs is 1. The molecule has 0 spiro atoms. The number of nitrogens with zero attached hydrogens (tertiary/aromatic N) is 2. The second-order valence-corrected chi connectivity index (χ2v) is 7.06. The molecule has 160 valence electrons. The van der Waals surface area contributed by atoms with E-state index in [1.807, 2.05) is 24.3 Å². The van der Waals surface area contributed by atoms with Gasteiger partial charge in [0, 0.05) is 17.2 Å². The third kappa shape index (κ3) is 4.20. The Morgan fingerprint density at radius 1 is 1.09 bits per heavy atom. The molecule has 8 nitrogen and oxygen atoms in total. The first-order valence-electron chi connectivity index (χ1n) is 9.71. The summed E-state index contributed by atoms with van der Waals surface area (Å²) < 4.78 is 11.0. The molecule has 0 bridgehead atoms. The van der Waals surface area contributed by atoms with Crippen LogP contribution in [0.4, 0.5) is 5.69 Å². The highest BCUT2D eigenvalue weighted by Crippen LogP contribution is 2.28. The van der Waals surface area contributed by atoms with Gasteiger partial charge in [0.05, 0.1) is 23.8 Å². The molecular formula is C24H19N3O5. The monoisotopic (exact) mass is 429 g/mol. The van der Waals surface area contributed by atoms with Crippen LogP contribution >= 0.6 is 0 Å². The number of aryl methyl sites for hydroxylation is 1. The molecule has 0 aliphatic carbocycles. The number of amides is 1. The van der Waals surface area contributed by atoms with Crippen molar-refractivity contribution in [3.05, 3.63) is 93.7 Å². The maximum Gasteiger partial charge on any atom is 0.275 e. The fourth-order valence-corrected chi connectivity index (χ4v) is 3.32. The Balaban J connectivity index is 1.50. The average molecular weight is 429 g/mol. The fraction of sp³-hybridized carbons (Fsp3) is 0.0833. The van der Waals surface area contributed by atoms with Gasteiger partial charge in [0.2, 0.25) is 0 Å². The second-order valence-electron chi connectivity index (χ2n) is 7.06. The summed E-state index contributed by atoms with van der Waals surface area (Å²) in [5, 5.41) is 17.0. The zero-order valence-electron chi connectivity index (χ0n) is 17.4. The van der Waals surface area contributed by atoms with E-state index in [9.17, 15) is 14.9 Å². The highest BCUT2D eigenvalue weighted by molar-refractivity contribution is 6.01. The molecule has 0 saturated heterocycles. The molecule has 0 unspecified atom stereocenters. The van der Waals surface area contributed by atoms with E-state index in [2.05, 4.69) is 10.5 Å². The van der Waals surface area contributed by atoms with Gasteiger partial charge in [-0.05, 0) is 42.0 Å². The minimum absolute atomic E-state index is 0.0192. The van der Waals surface area contributed by atoms with E-state index < -0.39 is 10.8 Å². The van der Waals surface area contributed by atoms with E-state index >= 15 is 0 Å².